The molecule has 0 aromatic heterocycles. The maximum atomic E-state index is 10.2. The fraction of sp³-hybridized carbons (Fsp3) is 1.00. The molecule has 1 saturated carbocycles. The lowest BCUT2D eigenvalue weighted by molar-refractivity contribution is -0.208. The van der Waals surface area contributed by atoms with Crippen LogP contribution in [0.2, 0.25) is 0 Å². The smallest absolute Gasteiger partial charge is 0.339 e. The Balaban J connectivity index is 0.000000543. The topological polar surface area (TPSA) is 190 Å². The standard InChI is InChI=1S/C10H20O5.C6H16O6P2/c11-4-8-2-1-3-10(15,7-14)9(8,5-12)6-13;1-3-4-5-10-6(2)11-14(9)12-13(7)8/h8,11-15H,1-7H2;6-9H,3-5H2,1-2H3. The van der Waals surface area contributed by atoms with Crippen LogP contribution in [-0.4, -0.2) is 85.1 Å². The summed E-state index contributed by atoms with van der Waals surface area (Å²) in [4.78, 5) is 25.7. The van der Waals surface area contributed by atoms with Gasteiger partial charge in [-0.15, -0.1) is 0 Å². The van der Waals surface area contributed by atoms with Crippen LogP contribution in [-0.2, 0) is 13.6 Å². The van der Waals surface area contributed by atoms with Gasteiger partial charge in [-0.2, -0.15) is 0 Å². The molecule has 4 unspecified atom stereocenters. The molecule has 1 rings (SSSR count). The first-order valence-corrected chi connectivity index (χ1v) is 11.7. The Morgan fingerprint density at radius 1 is 1.07 bits per heavy atom. The second kappa shape index (κ2) is 15.3. The lowest BCUT2D eigenvalue weighted by atomic mass is 9.58. The van der Waals surface area contributed by atoms with E-state index in [9.17, 15) is 25.5 Å². The summed E-state index contributed by atoms with van der Waals surface area (Å²) in [6.07, 6.45) is 2.94. The van der Waals surface area contributed by atoms with E-state index in [2.05, 4.69) is 4.31 Å². The van der Waals surface area contributed by atoms with Crippen molar-refractivity contribution in [2.75, 3.05) is 33.0 Å². The lowest BCUT2D eigenvalue weighted by Crippen LogP contribution is -2.62. The number of aliphatic hydroxyl groups is 5. The molecule has 0 radical (unpaired) electrons. The average molecular weight is 466 g/mol. The third kappa shape index (κ3) is 9.21. The number of hydrogen-bond acceptors (Lipinski definition) is 11. The maximum absolute atomic E-state index is 10.2. The highest BCUT2D eigenvalue weighted by Gasteiger charge is 2.55. The Morgan fingerprint density at radius 2 is 1.69 bits per heavy atom. The molecule has 11 nitrogen and oxygen atoms in total. The average Bonchev–Trinajstić information content (AvgIpc) is 2.67. The van der Waals surface area contributed by atoms with Crippen molar-refractivity contribution in [3.8, 4) is 0 Å². The van der Waals surface area contributed by atoms with Crippen LogP contribution in [0.1, 0.15) is 46.0 Å². The largest absolute Gasteiger partial charge is 0.396 e. The molecule has 0 saturated heterocycles. The first-order chi connectivity index (χ1) is 13.7. The highest BCUT2D eigenvalue weighted by atomic mass is 31.2. The molecule has 1 fully saturated rings. The summed E-state index contributed by atoms with van der Waals surface area (Å²) in [5.74, 6) is -0.376. The Morgan fingerprint density at radius 3 is 2.14 bits per heavy atom. The summed E-state index contributed by atoms with van der Waals surface area (Å²) in [5, 5.41) is 47.4. The molecule has 0 amide bonds. The fourth-order valence-electron chi connectivity index (χ4n) is 3.28. The second-order valence-electron chi connectivity index (χ2n) is 6.90. The summed E-state index contributed by atoms with van der Waals surface area (Å²) < 4.78 is 14.1. The van der Waals surface area contributed by atoms with Gasteiger partial charge < -0.3 is 44.9 Å². The third-order valence-corrected chi connectivity index (χ3v) is 6.75. The molecule has 0 aliphatic heterocycles. The molecule has 0 aromatic rings. The molecule has 0 aromatic carbocycles. The summed E-state index contributed by atoms with van der Waals surface area (Å²) >= 11 is 0. The molecule has 29 heavy (non-hydrogen) atoms. The van der Waals surface area contributed by atoms with Crippen molar-refractivity contribution in [3.63, 3.8) is 0 Å². The van der Waals surface area contributed by atoms with E-state index in [1.807, 2.05) is 6.92 Å². The van der Waals surface area contributed by atoms with Gasteiger partial charge >= 0.3 is 17.2 Å². The van der Waals surface area contributed by atoms with E-state index in [0.29, 0.717) is 25.9 Å². The molecule has 0 spiro atoms. The number of hydrogen-bond donors (Lipinski definition) is 8. The number of unbranched alkanes of at least 4 members (excludes halogenated alkanes) is 1. The van der Waals surface area contributed by atoms with Crippen molar-refractivity contribution in [2.45, 2.75) is 57.8 Å². The minimum Gasteiger partial charge on any atom is -0.396 e. The Labute approximate surface area is 173 Å². The highest BCUT2D eigenvalue weighted by molar-refractivity contribution is 7.54. The first kappa shape index (κ1) is 29.4. The fourth-order valence-corrected chi connectivity index (χ4v) is 4.25. The van der Waals surface area contributed by atoms with Gasteiger partial charge in [-0.05, 0) is 32.1 Å². The summed E-state index contributed by atoms with van der Waals surface area (Å²) in [6, 6.07) is 0. The van der Waals surface area contributed by atoms with E-state index in [1.165, 1.54) is 0 Å². The predicted molar refractivity (Wildman–Crippen MR) is 106 cm³/mol. The van der Waals surface area contributed by atoms with Crippen LogP contribution in [0.25, 0.3) is 0 Å². The summed E-state index contributed by atoms with van der Waals surface area (Å²) in [5.41, 5.74) is -2.70. The van der Waals surface area contributed by atoms with Gasteiger partial charge in [0.05, 0.1) is 30.8 Å². The molecular formula is C16H36O11P2. The quantitative estimate of drug-likeness (QED) is 0.110. The Kier molecular flexibility index (Phi) is 15.5. The lowest BCUT2D eigenvalue weighted by Gasteiger charge is -2.52. The van der Waals surface area contributed by atoms with Crippen LogP contribution in [0.3, 0.4) is 0 Å². The highest BCUT2D eigenvalue weighted by Crippen LogP contribution is 2.48. The van der Waals surface area contributed by atoms with Crippen molar-refractivity contribution in [3.05, 3.63) is 0 Å². The first-order valence-electron chi connectivity index (χ1n) is 9.45. The molecule has 0 heterocycles. The molecule has 1 aliphatic carbocycles. The van der Waals surface area contributed by atoms with E-state index < -0.39 is 54.3 Å². The zero-order valence-corrected chi connectivity index (χ0v) is 18.7. The van der Waals surface area contributed by atoms with Crippen LogP contribution in [0, 0.1) is 11.3 Å². The minimum atomic E-state index is -2.59. The van der Waals surface area contributed by atoms with Crippen molar-refractivity contribution >= 4 is 17.2 Å². The molecular weight excluding hydrogens is 430 g/mol. The SMILES string of the molecule is CCCCOC(C)OP(O)OP(O)O.OCC1CCCC(O)(CO)C1(CO)CO. The summed E-state index contributed by atoms with van der Waals surface area (Å²) in [7, 11) is -4.86. The van der Waals surface area contributed by atoms with Gasteiger partial charge in [0.1, 0.15) is 0 Å². The summed E-state index contributed by atoms with van der Waals surface area (Å²) in [6.45, 7) is 2.57. The Bertz CT molecular complexity index is 414. The zero-order chi connectivity index (χ0) is 22.5. The molecule has 1 aliphatic rings. The van der Waals surface area contributed by atoms with Gasteiger partial charge in [-0.3, -0.25) is 4.52 Å². The zero-order valence-electron chi connectivity index (χ0n) is 16.9. The van der Waals surface area contributed by atoms with E-state index in [0.717, 1.165) is 12.8 Å². The number of ether oxygens (including phenoxy) is 1. The van der Waals surface area contributed by atoms with E-state index in [-0.39, 0.29) is 12.5 Å². The van der Waals surface area contributed by atoms with Gasteiger partial charge in [0.25, 0.3) is 0 Å². The van der Waals surface area contributed by atoms with E-state index in [1.54, 1.807) is 6.92 Å². The van der Waals surface area contributed by atoms with Gasteiger partial charge in [-0.25, -0.2) is 4.31 Å². The molecule has 4 atom stereocenters. The van der Waals surface area contributed by atoms with Gasteiger partial charge in [0.2, 0.25) is 0 Å². The van der Waals surface area contributed by atoms with Crippen LogP contribution in [0.4, 0.5) is 0 Å². The molecule has 176 valence electrons. The third-order valence-electron chi connectivity index (χ3n) is 5.13. The maximum Gasteiger partial charge on any atom is 0.339 e. The van der Waals surface area contributed by atoms with Crippen LogP contribution < -0.4 is 0 Å². The normalized spacial score (nSPS) is 26.0. The van der Waals surface area contributed by atoms with Gasteiger partial charge in [0, 0.05) is 13.2 Å². The van der Waals surface area contributed by atoms with Crippen molar-refractivity contribution < 1.29 is 53.8 Å². The van der Waals surface area contributed by atoms with Crippen LogP contribution >= 0.6 is 17.2 Å². The second-order valence-corrected chi connectivity index (χ2v) is 8.75. The van der Waals surface area contributed by atoms with Gasteiger partial charge in [0.15, 0.2) is 6.29 Å². The molecule has 0 bridgehead atoms. The van der Waals surface area contributed by atoms with Crippen molar-refractivity contribution in [1.82, 2.24) is 0 Å². The van der Waals surface area contributed by atoms with Gasteiger partial charge in [-0.1, -0.05) is 19.8 Å². The monoisotopic (exact) mass is 466 g/mol. The Hall–Kier alpha value is 0.420. The van der Waals surface area contributed by atoms with E-state index in [4.69, 9.17) is 23.9 Å². The van der Waals surface area contributed by atoms with Crippen LogP contribution in [0.15, 0.2) is 0 Å². The van der Waals surface area contributed by atoms with E-state index >= 15 is 0 Å². The molecule has 8 N–H and O–H groups in total. The van der Waals surface area contributed by atoms with Crippen LogP contribution in [0.5, 0.6) is 0 Å². The molecule has 13 heteroatoms. The van der Waals surface area contributed by atoms with Crippen molar-refractivity contribution in [1.29, 1.82) is 0 Å². The minimum absolute atomic E-state index is 0.205. The predicted octanol–water partition coefficient (Wildman–Crippen LogP) is 0.0862. The number of rotatable bonds is 12. The van der Waals surface area contributed by atoms with Crippen molar-refractivity contribution in [2.24, 2.45) is 11.3 Å². The number of aliphatic hydroxyl groups excluding tert-OH is 4.